The van der Waals surface area contributed by atoms with Crippen LogP contribution in [0.15, 0.2) is 54.7 Å². The molecule has 0 saturated carbocycles. The second-order valence-electron chi connectivity index (χ2n) is 5.61. The predicted octanol–water partition coefficient (Wildman–Crippen LogP) is 4.61. The van der Waals surface area contributed by atoms with Crippen molar-refractivity contribution in [3.8, 4) is 5.75 Å². The fourth-order valence-electron chi connectivity index (χ4n) is 2.98. The van der Waals surface area contributed by atoms with E-state index in [0.29, 0.717) is 12.1 Å². The molecule has 0 amide bonds. The zero-order chi connectivity index (χ0) is 16.7. The number of thiophene rings is 1. The minimum absolute atomic E-state index is 0.314. The largest absolute Gasteiger partial charge is 0.497 e. The molecule has 120 valence electrons. The smallest absolute Gasteiger partial charge is 0.337 e. The van der Waals surface area contributed by atoms with E-state index < -0.39 is 5.97 Å². The molecule has 0 aliphatic carbocycles. The average Bonchev–Trinajstić information content (AvgIpc) is 3.15. The number of carbonyl (C=O) groups is 1. The molecule has 0 fully saturated rings. The van der Waals surface area contributed by atoms with Crippen molar-refractivity contribution < 1.29 is 14.6 Å². The Kier molecular flexibility index (Phi) is 3.50. The quantitative estimate of drug-likeness (QED) is 0.591. The molecule has 5 heteroatoms. The van der Waals surface area contributed by atoms with Gasteiger partial charge >= 0.3 is 5.97 Å². The van der Waals surface area contributed by atoms with Crippen LogP contribution in [0.2, 0.25) is 0 Å². The maximum Gasteiger partial charge on any atom is 0.337 e. The van der Waals surface area contributed by atoms with E-state index in [1.807, 2.05) is 22.8 Å². The highest BCUT2D eigenvalue weighted by atomic mass is 32.1. The van der Waals surface area contributed by atoms with E-state index in [0.717, 1.165) is 16.7 Å². The van der Waals surface area contributed by atoms with Crippen molar-refractivity contribution in [2.24, 2.45) is 0 Å². The number of rotatable bonds is 4. The Labute approximate surface area is 142 Å². The van der Waals surface area contributed by atoms with Crippen molar-refractivity contribution in [2.45, 2.75) is 6.54 Å². The van der Waals surface area contributed by atoms with Gasteiger partial charge in [0.2, 0.25) is 0 Å². The Balaban J connectivity index is 1.84. The summed E-state index contributed by atoms with van der Waals surface area (Å²) in [6, 6.07) is 15.9. The lowest BCUT2D eigenvalue weighted by Crippen LogP contribution is -1.97. The van der Waals surface area contributed by atoms with Crippen LogP contribution in [-0.2, 0) is 6.54 Å². The Morgan fingerprint density at radius 1 is 1.21 bits per heavy atom. The Bertz CT molecular complexity index is 1030. The van der Waals surface area contributed by atoms with Gasteiger partial charge in [-0.15, -0.1) is 11.3 Å². The lowest BCUT2D eigenvalue weighted by molar-refractivity contribution is 0.0699. The van der Waals surface area contributed by atoms with E-state index in [-0.39, 0.29) is 0 Å². The van der Waals surface area contributed by atoms with Crippen LogP contribution in [0.3, 0.4) is 0 Å². The standard InChI is InChI=1S/C19H15NO3S/c1-23-13-6-7-15-16(19(21)22)11-20(17(15)9-13)10-14-8-12-4-2-3-5-18(12)24-14/h2-9,11H,10H2,1H3,(H,21,22). The van der Waals surface area contributed by atoms with Crippen LogP contribution in [0.5, 0.6) is 5.75 Å². The second-order valence-corrected chi connectivity index (χ2v) is 6.78. The second kappa shape index (κ2) is 5.69. The third kappa shape index (κ3) is 2.43. The molecule has 2 aromatic heterocycles. The maximum absolute atomic E-state index is 11.5. The number of fused-ring (bicyclic) bond motifs is 2. The molecule has 0 unspecified atom stereocenters. The number of benzene rings is 2. The molecular weight excluding hydrogens is 322 g/mol. The van der Waals surface area contributed by atoms with Gasteiger partial charge in [-0.05, 0) is 29.7 Å². The summed E-state index contributed by atoms with van der Waals surface area (Å²) in [5, 5.41) is 11.4. The average molecular weight is 337 g/mol. The van der Waals surface area contributed by atoms with Gasteiger partial charge in [0.15, 0.2) is 0 Å². The Morgan fingerprint density at radius 3 is 2.79 bits per heavy atom. The summed E-state index contributed by atoms with van der Waals surface area (Å²) in [6.07, 6.45) is 1.71. The van der Waals surface area contributed by atoms with Crippen LogP contribution in [0.4, 0.5) is 0 Å². The first-order valence-corrected chi connectivity index (χ1v) is 8.35. The van der Waals surface area contributed by atoms with Crippen molar-refractivity contribution >= 4 is 38.3 Å². The summed E-state index contributed by atoms with van der Waals surface area (Å²) in [6.45, 7) is 0.635. The molecule has 0 aliphatic heterocycles. The maximum atomic E-state index is 11.5. The summed E-state index contributed by atoms with van der Waals surface area (Å²) >= 11 is 1.73. The minimum Gasteiger partial charge on any atom is -0.497 e. The first-order valence-electron chi connectivity index (χ1n) is 7.53. The molecule has 0 radical (unpaired) electrons. The van der Waals surface area contributed by atoms with Crippen molar-refractivity contribution in [1.82, 2.24) is 4.57 Å². The zero-order valence-electron chi connectivity index (χ0n) is 13.0. The monoisotopic (exact) mass is 337 g/mol. The molecule has 2 heterocycles. The van der Waals surface area contributed by atoms with E-state index in [2.05, 4.69) is 18.2 Å². The van der Waals surface area contributed by atoms with Gasteiger partial charge < -0.3 is 14.4 Å². The summed E-state index contributed by atoms with van der Waals surface area (Å²) in [7, 11) is 1.61. The van der Waals surface area contributed by atoms with E-state index >= 15 is 0 Å². The van der Waals surface area contributed by atoms with E-state index in [1.54, 1.807) is 36.8 Å². The van der Waals surface area contributed by atoms with Gasteiger partial charge in [-0.3, -0.25) is 0 Å². The number of carboxylic acids is 1. The number of methoxy groups -OCH3 is 1. The van der Waals surface area contributed by atoms with Crippen LogP contribution >= 0.6 is 11.3 Å². The van der Waals surface area contributed by atoms with Crippen LogP contribution in [0, 0.1) is 0 Å². The van der Waals surface area contributed by atoms with Gasteiger partial charge in [-0.25, -0.2) is 4.79 Å². The van der Waals surface area contributed by atoms with E-state index in [9.17, 15) is 9.90 Å². The van der Waals surface area contributed by atoms with Crippen LogP contribution in [0.25, 0.3) is 21.0 Å². The topological polar surface area (TPSA) is 51.5 Å². The predicted molar refractivity (Wildman–Crippen MR) is 96.4 cm³/mol. The molecule has 24 heavy (non-hydrogen) atoms. The van der Waals surface area contributed by atoms with Gasteiger partial charge in [0.25, 0.3) is 0 Å². The third-order valence-corrected chi connectivity index (χ3v) is 5.22. The molecule has 0 spiro atoms. The van der Waals surface area contributed by atoms with Gasteiger partial charge in [0.1, 0.15) is 5.75 Å². The molecule has 4 aromatic rings. The Hall–Kier alpha value is -2.79. The molecule has 0 aliphatic rings. The van der Waals surface area contributed by atoms with Crippen LogP contribution in [0.1, 0.15) is 15.2 Å². The van der Waals surface area contributed by atoms with Crippen molar-refractivity contribution in [2.75, 3.05) is 7.11 Å². The SMILES string of the molecule is COc1ccc2c(C(=O)O)cn(Cc3cc4ccccc4s3)c2c1. The molecule has 1 N–H and O–H groups in total. The van der Waals surface area contributed by atoms with Crippen LogP contribution in [-0.4, -0.2) is 22.8 Å². The van der Waals surface area contributed by atoms with Gasteiger partial charge in [-0.1, -0.05) is 18.2 Å². The molecule has 0 atom stereocenters. The number of hydrogen-bond acceptors (Lipinski definition) is 3. The third-order valence-electron chi connectivity index (χ3n) is 4.12. The molecule has 4 nitrogen and oxygen atoms in total. The lowest BCUT2D eigenvalue weighted by Gasteiger charge is -2.05. The van der Waals surface area contributed by atoms with Gasteiger partial charge in [0.05, 0.1) is 24.7 Å². The molecular formula is C19H15NO3S. The first kappa shape index (κ1) is 14.8. The summed E-state index contributed by atoms with van der Waals surface area (Å²) in [5.41, 5.74) is 1.18. The highest BCUT2D eigenvalue weighted by molar-refractivity contribution is 7.19. The Morgan fingerprint density at radius 2 is 2.04 bits per heavy atom. The van der Waals surface area contributed by atoms with Gasteiger partial charge in [0, 0.05) is 27.2 Å². The normalized spacial score (nSPS) is 11.2. The number of hydrogen-bond donors (Lipinski definition) is 1. The highest BCUT2D eigenvalue weighted by Crippen LogP contribution is 2.30. The first-order chi connectivity index (χ1) is 11.7. The molecule has 4 rings (SSSR count). The molecule has 2 aromatic carbocycles. The van der Waals surface area contributed by atoms with E-state index in [1.165, 1.54) is 15.0 Å². The highest BCUT2D eigenvalue weighted by Gasteiger charge is 2.15. The summed E-state index contributed by atoms with van der Waals surface area (Å²) in [4.78, 5) is 12.7. The number of ether oxygens (including phenoxy) is 1. The van der Waals surface area contributed by atoms with Crippen molar-refractivity contribution in [3.05, 3.63) is 65.2 Å². The number of aromatic nitrogens is 1. The fourth-order valence-corrected chi connectivity index (χ4v) is 4.05. The van der Waals surface area contributed by atoms with Crippen LogP contribution < -0.4 is 4.74 Å². The van der Waals surface area contributed by atoms with Crippen molar-refractivity contribution in [3.63, 3.8) is 0 Å². The van der Waals surface area contributed by atoms with Crippen molar-refractivity contribution in [1.29, 1.82) is 0 Å². The summed E-state index contributed by atoms with van der Waals surface area (Å²) < 4.78 is 8.50. The molecule has 0 saturated heterocycles. The number of aromatic carboxylic acids is 1. The van der Waals surface area contributed by atoms with E-state index in [4.69, 9.17) is 4.74 Å². The number of nitrogens with zero attached hydrogens (tertiary/aromatic N) is 1. The fraction of sp³-hybridized carbons (Fsp3) is 0.105. The lowest BCUT2D eigenvalue weighted by atomic mass is 10.2. The minimum atomic E-state index is -0.916. The zero-order valence-corrected chi connectivity index (χ0v) is 13.8. The van der Waals surface area contributed by atoms with Gasteiger partial charge in [-0.2, -0.15) is 0 Å². The number of carboxylic acid groups (broad SMARTS) is 1. The molecule has 0 bridgehead atoms. The summed E-state index contributed by atoms with van der Waals surface area (Å²) in [5.74, 6) is -0.199.